The van der Waals surface area contributed by atoms with E-state index in [9.17, 15) is 4.79 Å². The molecule has 0 N–H and O–H groups in total. The van der Waals surface area contributed by atoms with Crippen molar-refractivity contribution in [3.05, 3.63) is 35.9 Å². The first kappa shape index (κ1) is 15.7. The fourth-order valence-electron chi connectivity index (χ4n) is 1.56. The Balaban J connectivity index is 1.85. The second-order valence-corrected chi connectivity index (χ2v) is 4.23. The summed E-state index contributed by atoms with van der Waals surface area (Å²) >= 11 is 0. The summed E-state index contributed by atoms with van der Waals surface area (Å²) in [5, 5.41) is 0. The lowest BCUT2D eigenvalue weighted by Crippen LogP contribution is -2.10. The highest BCUT2D eigenvalue weighted by Gasteiger charge is 1.98. The van der Waals surface area contributed by atoms with Crippen LogP contribution in [0.15, 0.2) is 30.3 Å². The third-order valence-electron chi connectivity index (χ3n) is 2.64. The molecule has 0 heterocycles. The van der Waals surface area contributed by atoms with E-state index in [1.165, 1.54) is 12.7 Å². The van der Waals surface area contributed by atoms with Crippen LogP contribution in [0.4, 0.5) is 0 Å². The molecule has 0 radical (unpaired) electrons. The van der Waals surface area contributed by atoms with Gasteiger partial charge in [0.05, 0.1) is 13.7 Å². The third-order valence-corrected chi connectivity index (χ3v) is 2.64. The smallest absolute Gasteiger partial charge is 0.331 e. The normalized spacial score (nSPS) is 10.4. The van der Waals surface area contributed by atoms with E-state index < -0.39 is 0 Å². The number of hydrogen-bond acceptors (Lipinski definition) is 4. The average Bonchev–Trinajstić information content (AvgIpc) is 2.46. The van der Waals surface area contributed by atoms with E-state index in [1.807, 2.05) is 18.2 Å². The maximum Gasteiger partial charge on any atom is 0.331 e. The van der Waals surface area contributed by atoms with Crippen LogP contribution in [-0.4, -0.2) is 32.9 Å². The van der Waals surface area contributed by atoms with Gasteiger partial charge in [-0.15, -0.1) is 0 Å². The minimum absolute atomic E-state index is 0.0427. The maximum atomic E-state index is 10.8. The van der Waals surface area contributed by atoms with E-state index in [4.69, 9.17) is 9.47 Å². The van der Waals surface area contributed by atoms with Gasteiger partial charge in [-0.25, -0.2) is 4.79 Å². The summed E-state index contributed by atoms with van der Waals surface area (Å²) in [6.07, 6.45) is 2.98. The Morgan fingerprint density at radius 1 is 1.00 bits per heavy atom. The molecule has 0 aliphatic heterocycles. The minimum atomic E-state index is -0.328. The molecule has 1 aromatic carbocycles. The predicted molar refractivity (Wildman–Crippen MR) is 72.8 cm³/mol. The molecule has 19 heavy (non-hydrogen) atoms. The second kappa shape index (κ2) is 10.5. The highest BCUT2D eigenvalue weighted by atomic mass is 16.6. The van der Waals surface area contributed by atoms with E-state index in [-0.39, 0.29) is 12.6 Å². The number of carbonyl (C=O) groups is 1. The van der Waals surface area contributed by atoms with Gasteiger partial charge in [-0.05, 0) is 24.8 Å². The molecule has 0 aliphatic carbocycles. The molecule has 0 unspecified atom stereocenters. The summed E-state index contributed by atoms with van der Waals surface area (Å²) in [4.78, 5) is 10.8. The van der Waals surface area contributed by atoms with Crippen molar-refractivity contribution in [2.24, 2.45) is 0 Å². The summed E-state index contributed by atoms with van der Waals surface area (Å²) < 4.78 is 15.2. The third kappa shape index (κ3) is 8.35. The fourth-order valence-corrected chi connectivity index (χ4v) is 1.56. The molecule has 0 amide bonds. The number of ether oxygens (including phenoxy) is 3. The Kier molecular flexibility index (Phi) is 8.68. The highest BCUT2D eigenvalue weighted by molar-refractivity contribution is 5.70. The van der Waals surface area contributed by atoms with Crippen LogP contribution >= 0.6 is 0 Å². The van der Waals surface area contributed by atoms with E-state index in [0.29, 0.717) is 13.2 Å². The van der Waals surface area contributed by atoms with Crippen LogP contribution in [-0.2, 0) is 25.6 Å². The van der Waals surface area contributed by atoms with Crippen molar-refractivity contribution in [2.75, 3.05) is 26.9 Å². The molecule has 106 valence electrons. The van der Waals surface area contributed by atoms with Crippen LogP contribution in [0.25, 0.3) is 0 Å². The minimum Gasteiger partial charge on any atom is -0.467 e. The van der Waals surface area contributed by atoms with Gasteiger partial charge < -0.3 is 14.2 Å². The number of benzene rings is 1. The van der Waals surface area contributed by atoms with Gasteiger partial charge in [0.2, 0.25) is 0 Å². The topological polar surface area (TPSA) is 44.8 Å². The number of esters is 1. The van der Waals surface area contributed by atoms with Crippen molar-refractivity contribution in [1.29, 1.82) is 0 Å². The SMILES string of the molecule is COC(=O)COCCCCCOCc1ccccc1. The highest BCUT2D eigenvalue weighted by Crippen LogP contribution is 2.02. The number of carbonyl (C=O) groups excluding carboxylic acids is 1. The quantitative estimate of drug-likeness (QED) is 0.482. The predicted octanol–water partition coefficient (Wildman–Crippen LogP) is 2.56. The van der Waals surface area contributed by atoms with Gasteiger partial charge in [-0.3, -0.25) is 0 Å². The lowest BCUT2D eigenvalue weighted by atomic mass is 10.2. The maximum absolute atomic E-state index is 10.8. The zero-order valence-electron chi connectivity index (χ0n) is 11.5. The second-order valence-electron chi connectivity index (χ2n) is 4.23. The largest absolute Gasteiger partial charge is 0.467 e. The molecule has 1 rings (SSSR count). The Morgan fingerprint density at radius 2 is 1.68 bits per heavy atom. The molecule has 4 nitrogen and oxygen atoms in total. The van der Waals surface area contributed by atoms with Gasteiger partial charge in [-0.2, -0.15) is 0 Å². The summed E-state index contributed by atoms with van der Waals surface area (Å²) in [6, 6.07) is 10.1. The first-order valence-corrected chi connectivity index (χ1v) is 6.59. The van der Waals surface area contributed by atoms with Crippen molar-refractivity contribution >= 4 is 5.97 Å². The van der Waals surface area contributed by atoms with Gasteiger partial charge in [0.25, 0.3) is 0 Å². The molecule has 1 aromatic rings. The van der Waals surface area contributed by atoms with Crippen LogP contribution in [0, 0.1) is 0 Å². The molecule has 0 spiro atoms. The standard InChI is InChI=1S/C15H22O4/c1-17-15(16)13-19-11-7-3-6-10-18-12-14-8-4-2-5-9-14/h2,4-5,8-9H,3,6-7,10-13H2,1H3. The number of hydrogen-bond donors (Lipinski definition) is 0. The number of unbranched alkanes of at least 4 members (excludes halogenated alkanes) is 2. The fraction of sp³-hybridized carbons (Fsp3) is 0.533. The molecular formula is C15H22O4. The molecule has 0 saturated heterocycles. The molecule has 0 saturated carbocycles. The molecule has 0 bridgehead atoms. The van der Waals surface area contributed by atoms with E-state index in [2.05, 4.69) is 16.9 Å². The van der Waals surface area contributed by atoms with E-state index in [1.54, 1.807) is 0 Å². The van der Waals surface area contributed by atoms with Crippen molar-refractivity contribution < 1.29 is 19.0 Å². The van der Waals surface area contributed by atoms with Gasteiger partial charge in [0.1, 0.15) is 6.61 Å². The van der Waals surface area contributed by atoms with E-state index in [0.717, 1.165) is 25.9 Å². The molecular weight excluding hydrogens is 244 g/mol. The van der Waals surface area contributed by atoms with Crippen LogP contribution in [0.5, 0.6) is 0 Å². The number of rotatable bonds is 10. The zero-order valence-corrected chi connectivity index (χ0v) is 11.5. The van der Waals surface area contributed by atoms with Crippen LogP contribution < -0.4 is 0 Å². The van der Waals surface area contributed by atoms with Gasteiger partial charge >= 0.3 is 5.97 Å². The summed E-state index contributed by atoms with van der Waals surface area (Å²) in [5.74, 6) is -0.328. The van der Waals surface area contributed by atoms with Crippen LogP contribution in [0.3, 0.4) is 0 Å². The lowest BCUT2D eigenvalue weighted by molar-refractivity contribution is -0.145. The first-order chi connectivity index (χ1) is 9.33. The van der Waals surface area contributed by atoms with Crippen LogP contribution in [0.1, 0.15) is 24.8 Å². The Hall–Kier alpha value is -1.39. The molecule has 0 aromatic heterocycles. The molecule has 4 heteroatoms. The first-order valence-electron chi connectivity index (χ1n) is 6.59. The summed E-state index contributed by atoms with van der Waals surface area (Å²) in [6.45, 7) is 2.06. The monoisotopic (exact) mass is 266 g/mol. The van der Waals surface area contributed by atoms with E-state index >= 15 is 0 Å². The average molecular weight is 266 g/mol. The Labute approximate surface area is 114 Å². The Bertz CT molecular complexity index is 337. The summed E-state index contributed by atoms with van der Waals surface area (Å²) in [5.41, 5.74) is 1.20. The molecule has 0 fully saturated rings. The molecule has 0 aliphatic rings. The van der Waals surface area contributed by atoms with Crippen molar-refractivity contribution in [2.45, 2.75) is 25.9 Å². The Morgan fingerprint density at radius 3 is 2.37 bits per heavy atom. The van der Waals surface area contributed by atoms with Crippen molar-refractivity contribution in [3.63, 3.8) is 0 Å². The van der Waals surface area contributed by atoms with Crippen molar-refractivity contribution in [3.8, 4) is 0 Å². The number of methoxy groups -OCH3 is 1. The molecule has 0 atom stereocenters. The van der Waals surface area contributed by atoms with Gasteiger partial charge in [0, 0.05) is 13.2 Å². The summed E-state index contributed by atoms with van der Waals surface area (Å²) in [7, 11) is 1.36. The lowest BCUT2D eigenvalue weighted by Gasteiger charge is -2.05. The van der Waals surface area contributed by atoms with Crippen LogP contribution in [0.2, 0.25) is 0 Å². The van der Waals surface area contributed by atoms with Gasteiger partial charge in [-0.1, -0.05) is 30.3 Å². The van der Waals surface area contributed by atoms with Crippen molar-refractivity contribution in [1.82, 2.24) is 0 Å². The van der Waals surface area contributed by atoms with Gasteiger partial charge in [0.15, 0.2) is 0 Å². The zero-order chi connectivity index (χ0) is 13.8.